The fraction of sp³-hybridized carbons (Fsp3) is 1.00. The first kappa shape index (κ1) is 21.0. The molecule has 0 spiro atoms. The Bertz CT molecular complexity index is 249. The Morgan fingerprint density at radius 2 is 1.24 bits per heavy atom. The topological polar surface area (TPSA) is 35.5 Å². The summed E-state index contributed by atoms with van der Waals surface area (Å²) in [4.78, 5) is 0. The summed E-state index contributed by atoms with van der Waals surface area (Å²) in [5.74, 6) is 0. The second-order valence-corrected chi connectivity index (χ2v) is 8.04. The van der Waals surface area contributed by atoms with Gasteiger partial charge in [0.25, 0.3) is 0 Å². The van der Waals surface area contributed by atoms with Gasteiger partial charge in [-0.3, -0.25) is 0 Å². The molecular weight excluding hydrogens is 283 g/mol. The zero-order valence-corrected chi connectivity index (χ0v) is 15.6. The highest BCUT2D eigenvalue weighted by atomic mass is 31.1. The van der Waals surface area contributed by atoms with Crippen LogP contribution < -0.4 is 0 Å². The molecular formula is C17H36O3P+. The molecule has 0 N–H and O–H groups in total. The van der Waals surface area contributed by atoms with Crippen molar-refractivity contribution in [3.8, 4) is 0 Å². The minimum atomic E-state index is -1.93. The average molecular weight is 319 g/mol. The molecule has 1 unspecified atom stereocenters. The van der Waals surface area contributed by atoms with Crippen LogP contribution >= 0.6 is 8.25 Å². The van der Waals surface area contributed by atoms with Crippen molar-refractivity contribution in [3.63, 3.8) is 0 Å². The largest absolute Gasteiger partial charge is 0.697 e. The van der Waals surface area contributed by atoms with Crippen LogP contribution in [-0.2, 0) is 13.6 Å². The van der Waals surface area contributed by atoms with E-state index in [1.165, 1.54) is 51.4 Å². The van der Waals surface area contributed by atoms with Crippen LogP contribution in [0.5, 0.6) is 0 Å². The van der Waals surface area contributed by atoms with E-state index in [-0.39, 0.29) is 5.41 Å². The molecule has 0 aliphatic rings. The summed E-state index contributed by atoms with van der Waals surface area (Å²) in [6, 6.07) is 0. The van der Waals surface area contributed by atoms with Gasteiger partial charge in [0.1, 0.15) is 13.2 Å². The second kappa shape index (κ2) is 13.7. The van der Waals surface area contributed by atoms with E-state index in [0.717, 1.165) is 12.8 Å². The monoisotopic (exact) mass is 319 g/mol. The summed E-state index contributed by atoms with van der Waals surface area (Å²) in [6.45, 7) is 9.44. The predicted molar refractivity (Wildman–Crippen MR) is 90.8 cm³/mol. The molecule has 0 fully saturated rings. The predicted octanol–water partition coefficient (Wildman–Crippen LogP) is 6.64. The summed E-state index contributed by atoms with van der Waals surface area (Å²) >= 11 is 0. The fourth-order valence-corrected chi connectivity index (χ4v) is 2.86. The van der Waals surface area contributed by atoms with Gasteiger partial charge in [0, 0.05) is 4.57 Å². The highest BCUT2D eigenvalue weighted by Gasteiger charge is 2.24. The standard InChI is InChI=1S/C17H36O3P/c1-5-6-7-8-9-10-11-12-13-14-15-19-21(18)20-16-17(2,3)4/h5-16H2,1-4H3/q+1. The van der Waals surface area contributed by atoms with Crippen molar-refractivity contribution >= 4 is 8.25 Å². The van der Waals surface area contributed by atoms with E-state index in [1.54, 1.807) is 0 Å². The van der Waals surface area contributed by atoms with Crippen LogP contribution in [0.15, 0.2) is 0 Å². The maximum Gasteiger partial charge on any atom is 0.697 e. The lowest BCUT2D eigenvalue weighted by Gasteiger charge is -2.12. The summed E-state index contributed by atoms with van der Waals surface area (Å²) in [5.41, 5.74) is 0.0332. The van der Waals surface area contributed by atoms with Gasteiger partial charge in [0.15, 0.2) is 0 Å². The van der Waals surface area contributed by atoms with E-state index < -0.39 is 8.25 Å². The zero-order chi connectivity index (χ0) is 16.0. The van der Waals surface area contributed by atoms with E-state index in [0.29, 0.717) is 13.2 Å². The normalized spacial score (nSPS) is 12.7. The third kappa shape index (κ3) is 18.0. The van der Waals surface area contributed by atoms with E-state index in [2.05, 4.69) is 27.7 Å². The van der Waals surface area contributed by atoms with Crippen molar-refractivity contribution in [2.75, 3.05) is 13.2 Å². The Balaban J connectivity index is 3.20. The van der Waals surface area contributed by atoms with Crippen LogP contribution in [0.25, 0.3) is 0 Å². The molecule has 3 nitrogen and oxygen atoms in total. The van der Waals surface area contributed by atoms with E-state index >= 15 is 0 Å². The first-order valence-corrected chi connectivity index (χ1v) is 9.78. The van der Waals surface area contributed by atoms with Gasteiger partial charge < -0.3 is 0 Å². The molecule has 1 atom stereocenters. The van der Waals surface area contributed by atoms with Gasteiger partial charge in [-0.25, -0.2) is 0 Å². The van der Waals surface area contributed by atoms with Crippen molar-refractivity contribution in [3.05, 3.63) is 0 Å². The number of hydrogen-bond acceptors (Lipinski definition) is 3. The first-order chi connectivity index (χ1) is 9.95. The van der Waals surface area contributed by atoms with Gasteiger partial charge in [-0.15, -0.1) is 9.05 Å². The van der Waals surface area contributed by atoms with Crippen molar-refractivity contribution in [1.29, 1.82) is 0 Å². The Hall–Kier alpha value is 0.0200. The van der Waals surface area contributed by atoms with Gasteiger partial charge in [-0.05, 0) is 11.8 Å². The van der Waals surface area contributed by atoms with Crippen molar-refractivity contribution < 1.29 is 13.6 Å². The Morgan fingerprint density at radius 1 is 0.762 bits per heavy atom. The molecule has 0 heterocycles. The maximum absolute atomic E-state index is 11.5. The maximum atomic E-state index is 11.5. The lowest BCUT2D eigenvalue weighted by molar-refractivity contribution is 0.164. The summed E-state index contributed by atoms with van der Waals surface area (Å²) in [5, 5.41) is 0. The number of hydrogen-bond donors (Lipinski definition) is 0. The third-order valence-electron chi connectivity index (χ3n) is 3.30. The first-order valence-electron chi connectivity index (χ1n) is 8.69. The molecule has 0 amide bonds. The Morgan fingerprint density at radius 3 is 1.71 bits per heavy atom. The third-order valence-corrected chi connectivity index (χ3v) is 4.03. The minimum Gasteiger partial charge on any atom is -0.119 e. The molecule has 0 saturated heterocycles. The molecule has 126 valence electrons. The number of rotatable bonds is 14. The molecule has 0 saturated carbocycles. The van der Waals surface area contributed by atoms with Crippen LogP contribution in [-0.4, -0.2) is 13.2 Å². The highest BCUT2D eigenvalue weighted by molar-refractivity contribution is 7.33. The van der Waals surface area contributed by atoms with E-state index in [4.69, 9.17) is 9.05 Å². The molecule has 0 rings (SSSR count). The quantitative estimate of drug-likeness (QED) is 0.266. The van der Waals surface area contributed by atoms with Crippen molar-refractivity contribution in [2.45, 2.75) is 91.9 Å². The SMILES string of the molecule is CCCCCCCCCCCCO[P+](=O)OCC(C)(C)C. The van der Waals surface area contributed by atoms with Gasteiger partial charge in [0.2, 0.25) is 0 Å². The Kier molecular flexibility index (Phi) is 13.7. The van der Waals surface area contributed by atoms with Gasteiger partial charge in [-0.1, -0.05) is 85.5 Å². The Labute approximate surface area is 133 Å². The molecule has 0 aromatic heterocycles. The highest BCUT2D eigenvalue weighted by Crippen LogP contribution is 2.28. The second-order valence-electron chi connectivity index (χ2n) is 7.07. The summed E-state index contributed by atoms with van der Waals surface area (Å²) in [6.07, 6.45) is 12.9. The van der Waals surface area contributed by atoms with Gasteiger partial charge in [-0.2, -0.15) is 0 Å². The van der Waals surface area contributed by atoms with E-state index in [9.17, 15) is 4.57 Å². The van der Waals surface area contributed by atoms with Crippen LogP contribution in [0.2, 0.25) is 0 Å². The van der Waals surface area contributed by atoms with Crippen molar-refractivity contribution in [2.24, 2.45) is 5.41 Å². The lowest BCUT2D eigenvalue weighted by Crippen LogP contribution is -2.12. The van der Waals surface area contributed by atoms with Crippen LogP contribution in [0, 0.1) is 5.41 Å². The molecule has 0 aliphatic carbocycles. The smallest absolute Gasteiger partial charge is 0.119 e. The van der Waals surface area contributed by atoms with Crippen molar-refractivity contribution in [1.82, 2.24) is 0 Å². The molecule has 0 radical (unpaired) electrons. The summed E-state index contributed by atoms with van der Waals surface area (Å²) < 4.78 is 21.8. The molecule has 0 aromatic rings. The zero-order valence-electron chi connectivity index (χ0n) is 14.7. The van der Waals surface area contributed by atoms with Gasteiger partial charge in [0.05, 0.1) is 0 Å². The minimum absolute atomic E-state index is 0.0332. The van der Waals surface area contributed by atoms with E-state index in [1.807, 2.05) is 0 Å². The molecule has 0 aliphatic heterocycles. The summed E-state index contributed by atoms with van der Waals surface area (Å²) in [7, 11) is -1.93. The average Bonchev–Trinajstić information content (AvgIpc) is 2.42. The van der Waals surface area contributed by atoms with Crippen LogP contribution in [0.4, 0.5) is 0 Å². The molecule has 0 bridgehead atoms. The molecule has 21 heavy (non-hydrogen) atoms. The molecule has 0 aromatic carbocycles. The lowest BCUT2D eigenvalue weighted by atomic mass is 9.99. The molecule has 4 heteroatoms. The number of unbranched alkanes of at least 4 members (excludes halogenated alkanes) is 9. The van der Waals surface area contributed by atoms with Gasteiger partial charge >= 0.3 is 8.25 Å². The fourth-order valence-electron chi connectivity index (χ4n) is 2.01. The van der Waals surface area contributed by atoms with Crippen LogP contribution in [0.3, 0.4) is 0 Å². The van der Waals surface area contributed by atoms with Crippen LogP contribution in [0.1, 0.15) is 91.9 Å².